The van der Waals surface area contributed by atoms with Crippen molar-refractivity contribution in [2.24, 2.45) is 5.92 Å². The van der Waals surface area contributed by atoms with E-state index in [1.165, 1.54) is 5.56 Å². The number of hydrogen-bond acceptors (Lipinski definition) is 3. The molecule has 0 bridgehead atoms. The van der Waals surface area contributed by atoms with Gasteiger partial charge in [-0.3, -0.25) is 9.80 Å². The highest BCUT2D eigenvalue weighted by Crippen LogP contribution is 2.25. The van der Waals surface area contributed by atoms with Crippen LogP contribution in [0.5, 0.6) is 0 Å². The molecule has 7 nitrogen and oxygen atoms in total. The van der Waals surface area contributed by atoms with Gasteiger partial charge in [-0.1, -0.05) is 43.3 Å². The van der Waals surface area contributed by atoms with Crippen LogP contribution in [0.3, 0.4) is 0 Å². The highest BCUT2D eigenvalue weighted by molar-refractivity contribution is 5.95. The summed E-state index contributed by atoms with van der Waals surface area (Å²) in [5.74, 6) is 0.382. The first-order chi connectivity index (χ1) is 15.0. The molecule has 2 N–H and O–H groups in total. The number of rotatable bonds is 5. The molecule has 2 unspecified atom stereocenters. The molecule has 2 aliphatic rings. The Morgan fingerprint density at radius 1 is 1.16 bits per heavy atom. The van der Waals surface area contributed by atoms with Gasteiger partial charge in [-0.25, -0.2) is 9.59 Å². The topological polar surface area (TPSA) is 67.9 Å². The van der Waals surface area contributed by atoms with Crippen LogP contribution in [0.15, 0.2) is 54.6 Å². The number of hydrogen-bond donors (Lipinski definition) is 2. The Morgan fingerprint density at radius 3 is 2.68 bits per heavy atom. The number of urea groups is 2. The standard InChI is InChI=1S/C24H31N5O2/c1-18-16-28(17-19-7-4-3-5-8-19)13-11-22(18)27(2)24(31)26-20-9-6-10-21(15-20)29-14-12-25-23(29)30/h3-10,15,18,22H,11-14,16-17H2,1-2H3,(H,25,30)(H,26,31). The predicted molar refractivity (Wildman–Crippen MR) is 123 cm³/mol. The van der Waals surface area contributed by atoms with Gasteiger partial charge in [0.25, 0.3) is 0 Å². The molecule has 2 aliphatic heterocycles. The fourth-order valence-electron chi connectivity index (χ4n) is 4.61. The molecule has 2 fully saturated rings. The molecule has 0 spiro atoms. The maximum atomic E-state index is 12.9. The summed E-state index contributed by atoms with van der Waals surface area (Å²) in [6.45, 7) is 6.38. The molecular formula is C24H31N5O2. The monoisotopic (exact) mass is 421 g/mol. The van der Waals surface area contributed by atoms with Gasteiger partial charge in [0.1, 0.15) is 0 Å². The van der Waals surface area contributed by atoms with Crippen molar-refractivity contribution in [2.75, 3.05) is 43.4 Å². The first-order valence-corrected chi connectivity index (χ1v) is 11.0. The molecule has 0 saturated carbocycles. The van der Waals surface area contributed by atoms with Gasteiger partial charge in [0, 0.05) is 57.2 Å². The predicted octanol–water partition coefficient (Wildman–Crippen LogP) is 3.59. The minimum absolute atomic E-state index is 0.100. The number of benzene rings is 2. The maximum Gasteiger partial charge on any atom is 0.321 e. The van der Waals surface area contributed by atoms with E-state index in [-0.39, 0.29) is 18.1 Å². The van der Waals surface area contributed by atoms with Gasteiger partial charge < -0.3 is 15.5 Å². The van der Waals surface area contributed by atoms with Crippen molar-refractivity contribution in [3.05, 3.63) is 60.2 Å². The zero-order valence-corrected chi connectivity index (χ0v) is 18.3. The Hall–Kier alpha value is -3.06. The van der Waals surface area contributed by atoms with Gasteiger partial charge in [-0.15, -0.1) is 0 Å². The Morgan fingerprint density at radius 2 is 1.97 bits per heavy atom. The van der Waals surface area contributed by atoms with Crippen molar-refractivity contribution in [3.63, 3.8) is 0 Å². The van der Waals surface area contributed by atoms with Crippen LogP contribution in [-0.4, -0.2) is 61.1 Å². The lowest BCUT2D eigenvalue weighted by molar-refractivity contribution is 0.0933. The van der Waals surface area contributed by atoms with Crippen LogP contribution in [0, 0.1) is 5.92 Å². The van der Waals surface area contributed by atoms with E-state index in [4.69, 9.17) is 0 Å². The fourth-order valence-corrected chi connectivity index (χ4v) is 4.61. The lowest BCUT2D eigenvalue weighted by Crippen LogP contribution is -2.51. The second-order valence-electron chi connectivity index (χ2n) is 8.53. The second-order valence-corrected chi connectivity index (χ2v) is 8.53. The first-order valence-electron chi connectivity index (χ1n) is 11.0. The van der Waals surface area contributed by atoms with Crippen molar-refractivity contribution in [1.29, 1.82) is 0 Å². The molecule has 4 rings (SSSR count). The van der Waals surface area contributed by atoms with Crippen LogP contribution in [-0.2, 0) is 6.54 Å². The summed E-state index contributed by atoms with van der Waals surface area (Å²) < 4.78 is 0. The molecule has 0 aromatic heterocycles. The van der Waals surface area contributed by atoms with E-state index in [0.717, 1.165) is 31.7 Å². The molecule has 0 aliphatic carbocycles. The summed E-state index contributed by atoms with van der Waals surface area (Å²) >= 11 is 0. The molecule has 164 valence electrons. The lowest BCUT2D eigenvalue weighted by Gasteiger charge is -2.41. The summed E-state index contributed by atoms with van der Waals surface area (Å²) in [4.78, 5) is 30.8. The Labute approximate surface area is 184 Å². The van der Waals surface area contributed by atoms with Crippen LogP contribution in [0.4, 0.5) is 21.0 Å². The summed E-state index contributed by atoms with van der Waals surface area (Å²) in [6, 6.07) is 18.0. The number of carbonyl (C=O) groups excluding carboxylic acids is 2. The molecule has 2 aromatic rings. The third kappa shape index (κ3) is 4.99. The molecule has 2 atom stereocenters. The molecule has 0 radical (unpaired) electrons. The van der Waals surface area contributed by atoms with Crippen LogP contribution in [0.1, 0.15) is 18.9 Å². The quantitative estimate of drug-likeness (QED) is 0.775. The van der Waals surface area contributed by atoms with E-state index in [0.29, 0.717) is 24.7 Å². The number of nitrogens with one attached hydrogen (secondary N) is 2. The van der Waals surface area contributed by atoms with E-state index in [2.05, 4.69) is 46.7 Å². The summed E-state index contributed by atoms with van der Waals surface area (Å²) in [5, 5.41) is 5.80. The van der Waals surface area contributed by atoms with Crippen molar-refractivity contribution in [2.45, 2.75) is 25.9 Å². The largest absolute Gasteiger partial charge is 0.336 e. The Kier molecular flexibility index (Phi) is 6.42. The van der Waals surface area contributed by atoms with E-state index in [1.807, 2.05) is 42.3 Å². The molecule has 31 heavy (non-hydrogen) atoms. The first kappa shape index (κ1) is 21.2. The molecule has 7 heteroatoms. The summed E-state index contributed by atoms with van der Waals surface area (Å²) in [5.41, 5.74) is 2.81. The average molecular weight is 422 g/mol. The molecule has 2 aromatic carbocycles. The third-order valence-corrected chi connectivity index (χ3v) is 6.28. The average Bonchev–Trinajstić information content (AvgIpc) is 3.20. The van der Waals surface area contributed by atoms with Crippen LogP contribution >= 0.6 is 0 Å². The maximum absolute atomic E-state index is 12.9. The van der Waals surface area contributed by atoms with Gasteiger partial charge in [0.2, 0.25) is 0 Å². The van der Waals surface area contributed by atoms with Crippen LogP contribution < -0.4 is 15.5 Å². The van der Waals surface area contributed by atoms with Crippen molar-refractivity contribution in [1.82, 2.24) is 15.1 Å². The lowest BCUT2D eigenvalue weighted by atomic mass is 9.92. The van der Waals surface area contributed by atoms with Gasteiger partial charge >= 0.3 is 12.1 Å². The van der Waals surface area contributed by atoms with E-state index in [1.54, 1.807) is 4.90 Å². The fraction of sp³-hybridized carbons (Fsp3) is 0.417. The number of piperidine rings is 1. The van der Waals surface area contributed by atoms with Crippen LogP contribution in [0.2, 0.25) is 0 Å². The van der Waals surface area contributed by atoms with Gasteiger partial charge in [0.15, 0.2) is 0 Å². The van der Waals surface area contributed by atoms with Crippen molar-refractivity contribution >= 4 is 23.4 Å². The second kappa shape index (κ2) is 9.39. The third-order valence-electron chi connectivity index (χ3n) is 6.28. The van der Waals surface area contributed by atoms with Crippen LogP contribution in [0.25, 0.3) is 0 Å². The molecule has 4 amide bonds. The van der Waals surface area contributed by atoms with E-state index >= 15 is 0 Å². The van der Waals surface area contributed by atoms with Gasteiger partial charge in [-0.2, -0.15) is 0 Å². The molecular weight excluding hydrogens is 390 g/mol. The number of amides is 4. The smallest absolute Gasteiger partial charge is 0.321 e. The highest BCUT2D eigenvalue weighted by Gasteiger charge is 2.31. The number of nitrogens with zero attached hydrogens (tertiary/aromatic N) is 3. The minimum atomic E-state index is -0.114. The van der Waals surface area contributed by atoms with Gasteiger partial charge in [-0.05, 0) is 36.1 Å². The molecule has 2 heterocycles. The number of likely N-dealkylation sites (tertiary alicyclic amines) is 1. The van der Waals surface area contributed by atoms with Gasteiger partial charge in [0.05, 0.1) is 0 Å². The highest BCUT2D eigenvalue weighted by atomic mass is 16.2. The molecule has 2 saturated heterocycles. The Bertz CT molecular complexity index is 919. The summed E-state index contributed by atoms with van der Waals surface area (Å²) in [7, 11) is 1.88. The van der Waals surface area contributed by atoms with E-state index < -0.39 is 0 Å². The number of carbonyl (C=O) groups is 2. The zero-order chi connectivity index (χ0) is 21.8. The normalized spacial score (nSPS) is 21.6. The Balaban J connectivity index is 1.34. The van der Waals surface area contributed by atoms with E-state index in [9.17, 15) is 9.59 Å². The zero-order valence-electron chi connectivity index (χ0n) is 18.3. The SMILES string of the molecule is CC1CN(Cc2ccccc2)CCC1N(C)C(=O)Nc1cccc(N2CCNC2=O)c1. The number of anilines is 2. The van der Waals surface area contributed by atoms with Crippen molar-refractivity contribution in [3.8, 4) is 0 Å². The minimum Gasteiger partial charge on any atom is -0.336 e. The van der Waals surface area contributed by atoms with Crippen molar-refractivity contribution < 1.29 is 9.59 Å². The summed E-state index contributed by atoms with van der Waals surface area (Å²) in [6.07, 6.45) is 0.950.